The van der Waals surface area contributed by atoms with Gasteiger partial charge in [0.15, 0.2) is 0 Å². The van der Waals surface area contributed by atoms with Gasteiger partial charge in [-0.25, -0.2) is 4.79 Å². The molecule has 14 heavy (non-hydrogen) atoms. The van der Waals surface area contributed by atoms with Crippen LogP contribution >= 0.6 is 0 Å². The number of cyclic esters (lactones) is 1. The SMILES string of the molecule is C#CC(=O)[C@H]1COC(=O)N1CCC=C. The molecule has 0 unspecified atom stereocenters. The zero-order valence-corrected chi connectivity index (χ0v) is 7.73. The number of ether oxygens (including phenoxy) is 1. The highest BCUT2D eigenvalue weighted by atomic mass is 16.6. The van der Waals surface area contributed by atoms with E-state index in [-0.39, 0.29) is 6.61 Å². The highest BCUT2D eigenvalue weighted by Gasteiger charge is 2.36. The van der Waals surface area contributed by atoms with Gasteiger partial charge >= 0.3 is 6.09 Å². The number of ketones is 1. The Balaban J connectivity index is 2.67. The van der Waals surface area contributed by atoms with Crippen molar-refractivity contribution in [2.75, 3.05) is 13.2 Å². The maximum Gasteiger partial charge on any atom is 0.410 e. The Hall–Kier alpha value is -1.76. The monoisotopic (exact) mass is 193 g/mol. The van der Waals surface area contributed by atoms with Crippen LogP contribution < -0.4 is 0 Å². The van der Waals surface area contributed by atoms with Crippen molar-refractivity contribution >= 4 is 11.9 Å². The highest BCUT2D eigenvalue weighted by Crippen LogP contribution is 2.13. The molecule has 1 aliphatic heterocycles. The van der Waals surface area contributed by atoms with Crippen molar-refractivity contribution in [2.45, 2.75) is 12.5 Å². The van der Waals surface area contributed by atoms with Crippen molar-refractivity contribution < 1.29 is 14.3 Å². The number of amides is 1. The van der Waals surface area contributed by atoms with E-state index < -0.39 is 17.9 Å². The lowest BCUT2D eigenvalue weighted by molar-refractivity contribution is -0.117. The van der Waals surface area contributed by atoms with Gasteiger partial charge in [-0.15, -0.1) is 13.0 Å². The standard InChI is InChI=1S/C10H11NO3/c1-3-5-6-11-8(9(12)4-2)7-14-10(11)13/h2-3,8H,1,5-7H2/t8-/m1/s1. The zero-order valence-electron chi connectivity index (χ0n) is 7.73. The quantitative estimate of drug-likeness (QED) is 0.373. The molecule has 4 nitrogen and oxygen atoms in total. The van der Waals surface area contributed by atoms with Crippen molar-refractivity contribution in [1.29, 1.82) is 0 Å². The predicted octanol–water partition coefficient (Wildman–Crippen LogP) is 0.586. The van der Waals surface area contributed by atoms with Crippen LogP contribution in [0.15, 0.2) is 12.7 Å². The molecule has 1 saturated heterocycles. The van der Waals surface area contributed by atoms with E-state index in [9.17, 15) is 9.59 Å². The van der Waals surface area contributed by atoms with Crippen molar-refractivity contribution in [3.8, 4) is 12.3 Å². The first-order chi connectivity index (χ1) is 6.70. The molecule has 0 radical (unpaired) electrons. The summed E-state index contributed by atoms with van der Waals surface area (Å²) >= 11 is 0. The van der Waals surface area contributed by atoms with Crippen LogP contribution in [0, 0.1) is 12.3 Å². The first kappa shape index (κ1) is 10.3. The van der Waals surface area contributed by atoms with E-state index in [0.29, 0.717) is 13.0 Å². The Kier molecular flexibility index (Phi) is 3.29. The molecule has 0 spiro atoms. The third-order valence-electron chi connectivity index (χ3n) is 1.99. The average Bonchev–Trinajstić information content (AvgIpc) is 2.56. The molecular formula is C10H11NO3. The Morgan fingerprint density at radius 3 is 3.14 bits per heavy atom. The molecule has 0 N–H and O–H groups in total. The summed E-state index contributed by atoms with van der Waals surface area (Å²) in [6.07, 6.45) is 6.77. The van der Waals surface area contributed by atoms with Gasteiger partial charge in [0.25, 0.3) is 0 Å². The molecule has 0 bridgehead atoms. The smallest absolute Gasteiger partial charge is 0.410 e. The van der Waals surface area contributed by atoms with Crippen LogP contribution in [0.25, 0.3) is 0 Å². The maximum atomic E-state index is 11.2. The van der Waals surface area contributed by atoms with E-state index in [0.717, 1.165) is 0 Å². The van der Waals surface area contributed by atoms with Crippen molar-refractivity contribution in [3.05, 3.63) is 12.7 Å². The van der Waals surface area contributed by atoms with Crippen LogP contribution in [0.4, 0.5) is 4.79 Å². The van der Waals surface area contributed by atoms with Gasteiger partial charge in [0.05, 0.1) is 0 Å². The summed E-state index contributed by atoms with van der Waals surface area (Å²) in [5, 5.41) is 0. The summed E-state index contributed by atoms with van der Waals surface area (Å²) in [6.45, 7) is 4.00. The summed E-state index contributed by atoms with van der Waals surface area (Å²) in [7, 11) is 0. The second kappa shape index (κ2) is 4.47. The van der Waals surface area contributed by atoms with E-state index in [4.69, 9.17) is 11.2 Å². The molecular weight excluding hydrogens is 182 g/mol. The van der Waals surface area contributed by atoms with Crippen LogP contribution in [0.3, 0.4) is 0 Å². The van der Waals surface area contributed by atoms with E-state index >= 15 is 0 Å². The molecule has 1 heterocycles. The normalized spacial score (nSPS) is 20.1. The Bertz CT molecular complexity index is 303. The lowest BCUT2D eigenvalue weighted by Gasteiger charge is -2.17. The summed E-state index contributed by atoms with van der Waals surface area (Å²) < 4.78 is 4.73. The number of terminal acetylenes is 1. The fraction of sp³-hybridized carbons (Fsp3) is 0.400. The largest absolute Gasteiger partial charge is 0.447 e. The molecule has 0 aliphatic carbocycles. The zero-order chi connectivity index (χ0) is 10.6. The molecule has 1 rings (SSSR count). The van der Waals surface area contributed by atoms with Gasteiger partial charge in [0.2, 0.25) is 5.78 Å². The second-order valence-corrected chi connectivity index (χ2v) is 2.87. The lowest BCUT2D eigenvalue weighted by atomic mass is 10.2. The Morgan fingerprint density at radius 1 is 1.86 bits per heavy atom. The third kappa shape index (κ3) is 1.94. The summed E-state index contributed by atoms with van der Waals surface area (Å²) in [5.41, 5.74) is 0. The van der Waals surface area contributed by atoms with Crippen LogP contribution in [0.2, 0.25) is 0 Å². The van der Waals surface area contributed by atoms with Gasteiger partial charge in [-0.1, -0.05) is 6.08 Å². The number of carbonyl (C=O) groups is 2. The second-order valence-electron chi connectivity index (χ2n) is 2.87. The highest BCUT2D eigenvalue weighted by molar-refractivity contribution is 6.01. The molecule has 1 fully saturated rings. The molecule has 0 aromatic rings. The molecule has 0 aromatic carbocycles. The van der Waals surface area contributed by atoms with Crippen molar-refractivity contribution in [2.24, 2.45) is 0 Å². The fourth-order valence-electron chi connectivity index (χ4n) is 1.24. The minimum Gasteiger partial charge on any atom is -0.447 e. The number of hydrogen-bond acceptors (Lipinski definition) is 3. The van der Waals surface area contributed by atoms with Gasteiger partial charge in [0, 0.05) is 6.54 Å². The first-order valence-corrected chi connectivity index (χ1v) is 4.25. The minimum atomic E-state index is -0.618. The van der Waals surface area contributed by atoms with E-state index in [1.54, 1.807) is 6.08 Å². The lowest BCUT2D eigenvalue weighted by Crippen LogP contribution is -2.39. The predicted molar refractivity (Wildman–Crippen MR) is 50.5 cm³/mol. The van der Waals surface area contributed by atoms with Crippen LogP contribution in [-0.4, -0.2) is 36.0 Å². The summed E-state index contributed by atoms with van der Waals surface area (Å²) in [6, 6.07) is -0.618. The van der Waals surface area contributed by atoms with E-state index in [2.05, 4.69) is 6.58 Å². The van der Waals surface area contributed by atoms with Gasteiger partial charge in [-0.3, -0.25) is 9.69 Å². The molecule has 1 atom stereocenters. The third-order valence-corrected chi connectivity index (χ3v) is 1.99. The number of nitrogens with zero attached hydrogens (tertiary/aromatic N) is 1. The van der Waals surface area contributed by atoms with E-state index in [1.807, 2.05) is 5.92 Å². The molecule has 0 aromatic heterocycles. The molecule has 74 valence electrons. The fourth-order valence-corrected chi connectivity index (χ4v) is 1.24. The molecule has 1 aliphatic rings. The molecule has 1 amide bonds. The molecule has 4 heteroatoms. The van der Waals surface area contributed by atoms with Crippen molar-refractivity contribution in [3.63, 3.8) is 0 Å². The van der Waals surface area contributed by atoms with Crippen molar-refractivity contribution in [1.82, 2.24) is 4.90 Å². The average molecular weight is 193 g/mol. The summed E-state index contributed by atoms with van der Waals surface area (Å²) in [4.78, 5) is 23.7. The van der Waals surface area contributed by atoms with Crippen LogP contribution in [0.5, 0.6) is 0 Å². The van der Waals surface area contributed by atoms with Gasteiger partial charge in [-0.2, -0.15) is 0 Å². The van der Waals surface area contributed by atoms with Gasteiger partial charge in [-0.05, 0) is 12.3 Å². The summed E-state index contributed by atoms with van der Waals surface area (Å²) in [5.74, 6) is 1.58. The number of hydrogen-bond donors (Lipinski definition) is 0. The Morgan fingerprint density at radius 2 is 2.57 bits per heavy atom. The van der Waals surface area contributed by atoms with Crippen LogP contribution in [0.1, 0.15) is 6.42 Å². The van der Waals surface area contributed by atoms with Crippen LogP contribution in [-0.2, 0) is 9.53 Å². The first-order valence-electron chi connectivity index (χ1n) is 4.25. The van der Waals surface area contributed by atoms with Gasteiger partial charge < -0.3 is 4.74 Å². The maximum absolute atomic E-state index is 11.2. The Labute approximate surface area is 82.5 Å². The number of carbonyl (C=O) groups excluding carboxylic acids is 2. The number of rotatable bonds is 4. The number of Topliss-reactive ketones (excluding diaryl/α,β-unsaturated/α-hetero) is 1. The minimum absolute atomic E-state index is 0.0546. The topological polar surface area (TPSA) is 46.6 Å². The van der Waals surface area contributed by atoms with Gasteiger partial charge in [0.1, 0.15) is 12.6 Å². The van der Waals surface area contributed by atoms with E-state index in [1.165, 1.54) is 4.90 Å². The molecule has 0 saturated carbocycles.